The Morgan fingerprint density at radius 2 is 1.94 bits per heavy atom. The molecule has 0 amide bonds. The highest BCUT2D eigenvalue weighted by Crippen LogP contribution is 2.06. The van der Waals surface area contributed by atoms with Crippen LogP contribution < -0.4 is 11.5 Å². The lowest BCUT2D eigenvalue weighted by atomic mass is 10.1. The number of rotatable bonds is 8. The van der Waals surface area contributed by atoms with Crippen molar-refractivity contribution in [2.75, 3.05) is 19.8 Å². The van der Waals surface area contributed by atoms with E-state index in [0.717, 1.165) is 19.5 Å². The van der Waals surface area contributed by atoms with Crippen LogP contribution in [0.1, 0.15) is 12.0 Å². The molecule has 4 N–H and O–H groups in total. The third-order valence-corrected chi connectivity index (χ3v) is 2.73. The van der Waals surface area contributed by atoms with Gasteiger partial charge in [-0.05, 0) is 25.2 Å². The quantitative estimate of drug-likeness (QED) is 0.517. The van der Waals surface area contributed by atoms with Crippen LogP contribution in [0.2, 0.25) is 0 Å². The predicted molar refractivity (Wildman–Crippen MR) is 72.9 cm³/mol. The summed E-state index contributed by atoms with van der Waals surface area (Å²) in [5.74, 6) is 0. The smallest absolute Gasteiger partial charge is 0.0631 e. The Labute approximate surface area is 103 Å². The lowest BCUT2D eigenvalue weighted by molar-refractivity contribution is 0.253. The minimum Gasteiger partial charge on any atom is -0.330 e. The fourth-order valence-electron chi connectivity index (χ4n) is 1.78. The molecule has 0 aliphatic carbocycles. The summed E-state index contributed by atoms with van der Waals surface area (Å²) in [5, 5.41) is 0. The van der Waals surface area contributed by atoms with Crippen LogP contribution in [0.15, 0.2) is 35.3 Å². The molecule has 1 aromatic rings. The second-order valence-electron chi connectivity index (χ2n) is 4.09. The van der Waals surface area contributed by atoms with Gasteiger partial charge in [0.05, 0.1) is 6.04 Å². The van der Waals surface area contributed by atoms with Crippen molar-refractivity contribution in [3.05, 3.63) is 35.9 Å². The zero-order valence-electron chi connectivity index (χ0n) is 10.3. The molecule has 0 radical (unpaired) electrons. The number of hydrogen-bond donors (Lipinski definition) is 2. The molecule has 0 saturated carbocycles. The summed E-state index contributed by atoms with van der Waals surface area (Å²) in [5.41, 5.74) is 12.5. The molecule has 1 atom stereocenters. The average Bonchev–Trinajstić information content (AvgIpc) is 2.38. The van der Waals surface area contributed by atoms with Gasteiger partial charge in [-0.3, -0.25) is 9.89 Å². The largest absolute Gasteiger partial charge is 0.330 e. The molecule has 1 unspecified atom stereocenters. The van der Waals surface area contributed by atoms with Crippen LogP contribution in [0.25, 0.3) is 0 Å². The van der Waals surface area contributed by atoms with Gasteiger partial charge in [-0.25, -0.2) is 0 Å². The third-order valence-electron chi connectivity index (χ3n) is 2.73. The molecule has 0 fully saturated rings. The molecular formula is C13H22N4. The Kier molecular flexibility index (Phi) is 6.47. The molecule has 0 aliphatic heterocycles. The van der Waals surface area contributed by atoms with Gasteiger partial charge in [0.1, 0.15) is 0 Å². The molecular weight excluding hydrogens is 212 g/mol. The zero-order chi connectivity index (χ0) is 12.5. The van der Waals surface area contributed by atoms with Crippen LogP contribution in [0.4, 0.5) is 0 Å². The first kappa shape index (κ1) is 13.8. The number of nitrogens with zero attached hydrogens (tertiary/aromatic N) is 2. The SMILES string of the molecule is C=NC(CCN)CN(CN)Cc1ccccc1. The van der Waals surface area contributed by atoms with Crippen molar-refractivity contribution in [2.45, 2.75) is 19.0 Å². The number of hydrogen-bond acceptors (Lipinski definition) is 4. The topological polar surface area (TPSA) is 67.6 Å². The van der Waals surface area contributed by atoms with Crippen LogP contribution >= 0.6 is 0 Å². The molecule has 0 heterocycles. The monoisotopic (exact) mass is 234 g/mol. The van der Waals surface area contributed by atoms with Crippen LogP contribution in [-0.4, -0.2) is 37.4 Å². The second-order valence-corrected chi connectivity index (χ2v) is 4.09. The summed E-state index contributed by atoms with van der Waals surface area (Å²) >= 11 is 0. The Balaban J connectivity index is 2.50. The van der Waals surface area contributed by atoms with Gasteiger partial charge in [-0.15, -0.1) is 0 Å². The molecule has 4 heteroatoms. The van der Waals surface area contributed by atoms with E-state index in [0.29, 0.717) is 13.2 Å². The fraction of sp³-hybridized carbons (Fsp3) is 0.462. The molecule has 0 spiro atoms. The van der Waals surface area contributed by atoms with Crippen molar-refractivity contribution < 1.29 is 0 Å². The maximum Gasteiger partial charge on any atom is 0.0631 e. The number of aliphatic imine (C=N–C) groups is 1. The Morgan fingerprint density at radius 3 is 2.47 bits per heavy atom. The van der Waals surface area contributed by atoms with E-state index in [2.05, 4.69) is 28.7 Å². The van der Waals surface area contributed by atoms with Gasteiger partial charge in [0.25, 0.3) is 0 Å². The number of nitrogens with two attached hydrogens (primary N) is 2. The molecule has 0 aliphatic rings. The zero-order valence-corrected chi connectivity index (χ0v) is 10.3. The van der Waals surface area contributed by atoms with Crippen LogP contribution in [0.3, 0.4) is 0 Å². The van der Waals surface area contributed by atoms with E-state index in [4.69, 9.17) is 11.5 Å². The molecule has 1 rings (SSSR count). The van der Waals surface area contributed by atoms with Gasteiger partial charge in [0.15, 0.2) is 0 Å². The predicted octanol–water partition coefficient (Wildman–Crippen LogP) is 0.823. The van der Waals surface area contributed by atoms with Crippen molar-refractivity contribution >= 4 is 6.72 Å². The summed E-state index contributed by atoms with van der Waals surface area (Å²) in [4.78, 5) is 6.24. The maximum absolute atomic E-state index is 5.75. The standard InChI is InChI=1S/C13H22N4/c1-16-13(7-8-14)10-17(11-15)9-12-5-3-2-4-6-12/h2-6,13H,1,7-11,14-15H2. The van der Waals surface area contributed by atoms with Gasteiger partial charge < -0.3 is 11.5 Å². The van der Waals surface area contributed by atoms with Gasteiger partial charge in [-0.1, -0.05) is 30.3 Å². The van der Waals surface area contributed by atoms with Crippen LogP contribution in [0, 0.1) is 0 Å². The Hall–Kier alpha value is -1.23. The third kappa shape index (κ3) is 5.08. The van der Waals surface area contributed by atoms with Gasteiger partial charge in [-0.2, -0.15) is 0 Å². The van der Waals surface area contributed by atoms with E-state index in [1.807, 2.05) is 18.2 Å². The maximum atomic E-state index is 5.75. The van der Waals surface area contributed by atoms with Crippen molar-refractivity contribution in [2.24, 2.45) is 16.5 Å². The van der Waals surface area contributed by atoms with Crippen LogP contribution in [0.5, 0.6) is 0 Å². The van der Waals surface area contributed by atoms with E-state index in [1.54, 1.807) is 0 Å². The van der Waals surface area contributed by atoms with Crippen molar-refractivity contribution in [1.82, 2.24) is 4.90 Å². The number of benzene rings is 1. The van der Waals surface area contributed by atoms with E-state index < -0.39 is 0 Å². The first-order valence-electron chi connectivity index (χ1n) is 5.92. The minimum absolute atomic E-state index is 0.173. The molecule has 4 nitrogen and oxygen atoms in total. The Bertz CT molecular complexity index is 312. The van der Waals surface area contributed by atoms with Crippen LogP contribution in [-0.2, 0) is 6.54 Å². The van der Waals surface area contributed by atoms with Gasteiger partial charge in [0, 0.05) is 19.8 Å². The lowest BCUT2D eigenvalue weighted by Crippen LogP contribution is -2.36. The first-order valence-corrected chi connectivity index (χ1v) is 5.92. The summed E-state index contributed by atoms with van der Waals surface area (Å²) in [6, 6.07) is 10.5. The lowest BCUT2D eigenvalue weighted by Gasteiger charge is -2.23. The molecule has 0 aromatic heterocycles. The molecule has 94 valence electrons. The summed E-state index contributed by atoms with van der Waals surface area (Å²) in [7, 11) is 0. The van der Waals surface area contributed by atoms with Gasteiger partial charge in [0.2, 0.25) is 0 Å². The summed E-state index contributed by atoms with van der Waals surface area (Å²) in [6.07, 6.45) is 0.856. The molecule has 0 saturated heterocycles. The van der Waals surface area contributed by atoms with Crippen molar-refractivity contribution in [3.8, 4) is 0 Å². The average molecular weight is 234 g/mol. The normalized spacial score (nSPS) is 12.6. The highest BCUT2D eigenvalue weighted by molar-refractivity contribution is 5.24. The minimum atomic E-state index is 0.173. The second kappa shape index (κ2) is 7.95. The van der Waals surface area contributed by atoms with Crippen molar-refractivity contribution in [3.63, 3.8) is 0 Å². The van der Waals surface area contributed by atoms with E-state index in [-0.39, 0.29) is 6.04 Å². The Morgan fingerprint density at radius 1 is 1.24 bits per heavy atom. The van der Waals surface area contributed by atoms with E-state index >= 15 is 0 Å². The summed E-state index contributed by atoms with van der Waals surface area (Å²) in [6.45, 7) is 6.41. The summed E-state index contributed by atoms with van der Waals surface area (Å²) < 4.78 is 0. The first-order chi connectivity index (χ1) is 8.30. The van der Waals surface area contributed by atoms with Crippen molar-refractivity contribution in [1.29, 1.82) is 0 Å². The molecule has 0 bridgehead atoms. The molecule has 1 aromatic carbocycles. The highest BCUT2D eigenvalue weighted by Gasteiger charge is 2.11. The van der Waals surface area contributed by atoms with E-state index in [9.17, 15) is 0 Å². The van der Waals surface area contributed by atoms with E-state index in [1.165, 1.54) is 5.56 Å². The fourth-order valence-corrected chi connectivity index (χ4v) is 1.78. The molecule has 17 heavy (non-hydrogen) atoms. The van der Waals surface area contributed by atoms with Gasteiger partial charge >= 0.3 is 0 Å². The highest BCUT2D eigenvalue weighted by atomic mass is 15.2.